The lowest BCUT2D eigenvalue weighted by Gasteiger charge is -2.14. The molecular formula is C21H18Cl2F2N4O2. The number of nitrogens with zero attached hydrogens (tertiary/aromatic N) is 2. The second-order valence-electron chi connectivity index (χ2n) is 6.56. The van der Waals surface area contributed by atoms with Crippen LogP contribution in [0.15, 0.2) is 48.5 Å². The van der Waals surface area contributed by atoms with Gasteiger partial charge in [-0.2, -0.15) is 18.7 Å². The standard InChI is InChI=1S/C21H18Cl2F2N4O2/c1-31-20-28-17(13-3-2-4-14(9-13)21(24,25)19(26)30)11-18(29-20)27-8-7-12-5-6-15(22)10-16(12)23/h2-6,9-11H,7-8H2,1H3,(H2,26,30)(H,27,28,29). The molecule has 0 atom stereocenters. The van der Waals surface area contributed by atoms with Crippen LogP contribution in [0.25, 0.3) is 11.3 Å². The van der Waals surface area contributed by atoms with Gasteiger partial charge in [0.1, 0.15) is 5.82 Å². The minimum atomic E-state index is -3.80. The Hall–Kier alpha value is -2.97. The van der Waals surface area contributed by atoms with Crippen molar-refractivity contribution in [3.63, 3.8) is 0 Å². The van der Waals surface area contributed by atoms with E-state index >= 15 is 0 Å². The Morgan fingerprint density at radius 3 is 2.61 bits per heavy atom. The van der Waals surface area contributed by atoms with Gasteiger partial charge in [0.25, 0.3) is 5.91 Å². The van der Waals surface area contributed by atoms with Crippen molar-refractivity contribution in [3.8, 4) is 17.3 Å². The fourth-order valence-electron chi connectivity index (χ4n) is 2.82. The molecule has 1 aromatic heterocycles. The quantitative estimate of drug-likeness (QED) is 0.502. The molecule has 2 aromatic carbocycles. The minimum absolute atomic E-state index is 0.0524. The van der Waals surface area contributed by atoms with Gasteiger partial charge in [-0.25, -0.2) is 0 Å². The van der Waals surface area contributed by atoms with Crippen molar-refractivity contribution < 1.29 is 18.3 Å². The van der Waals surface area contributed by atoms with Crippen LogP contribution in [0.4, 0.5) is 14.6 Å². The van der Waals surface area contributed by atoms with Crippen molar-refractivity contribution in [2.45, 2.75) is 12.3 Å². The fraction of sp³-hybridized carbons (Fsp3) is 0.190. The summed E-state index contributed by atoms with van der Waals surface area (Å²) >= 11 is 12.1. The Balaban J connectivity index is 1.83. The first-order chi connectivity index (χ1) is 14.7. The van der Waals surface area contributed by atoms with E-state index in [4.69, 9.17) is 33.7 Å². The third-order valence-corrected chi connectivity index (χ3v) is 5.02. The number of halogens is 4. The molecule has 3 N–H and O–H groups in total. The van der Waals surface area contributed by atoms with Crippen molar-refractivity contribution in [3.05, 3.63) is 69.7 Å². The summed E-state index contributed by atoms with van der Waals surface area (Å²) < 4.78 is 33.2. The second-order valence-corrected chi connectivity index (χ2v) is 7.40. The Bertz CT molecular complexity index is 1110. The summed E-state index contributed by atoms with van der Waals surface area (Å²) in [7, 11) is 1.40. The lowest BCUT2D eigenvalue weighted by atomic mass is 10.0. The number of ether oxygens (including phenoxy) is 1. The van der Waals surface area contributed by atoms with Gasteiger partial charge in [-0.15, -0.1) is 0 Å². The molecule has 0 aliphatic heterocycles. The number of carbonyl (C=O) groups excluding carboxylic acids is 1. The van der Waals surface area contributed by atoms with Crippen molar-refractivity contribution in [2.75, 3.05) is 19.0 Å². The maximum Gasteiger partial charge on any atom is 0.349 e. The van der Waals surface area contributed by atoms with Gasteiger partial charge in [-0.05, 0) is 30.2 Å². The lowest BCUT2D eigenvalue weighted by Crippen LogP contribution is -2.32. The van der Waals surface area contributed by atoms with E-state index in [-0.39, 0.29) is 6.01 Å². The molecule has 0 saturated carbocycles. The van der Waals surface area contributed by atoms with Gasteiger partial charge >= 0.3 is 11.9 Å². The first-order valence-corrected chi connectivity index (χ1v) is 9.86. The van der Waals surface area contributed by atoms with E-state index in [1.165, 1.54) is 13.2 Å². The van der Waals surface area contributed by atoms with Gasteiger partial charge in [-0.3, -0.25) is 4.79 Å². The number of aromatic nitrogens is 2. The number of amides is 1. The smallest absolute Gasteiger partial charge is 0.349 e. The number of carbonyl (C=O) groups is 1. The molecule has 0 saturated heterocycles. The molecule has 6 nitrogen and oxygen atoms in total. The monoisotopic (exact) mass is 466 g/mol. The fourth-order valence-corrected chi connectivity index (χ4v) is 3.32. The summed E-state index contributed by atoms with van der Waals surface area (Å²) in [6.07, 6.45) is 0.595. The summed E-state index contributed by atoms with van der Waals surface area (Å²) in [6, 6.07) is 12.2. The molecule has 3 rings (SSSR count). The zero-order valence-electron chi connectivity index (χ0n) is 16.3. The summed E-state index contributed by atoms with van der Waals surface area (Å²) in [4.78, 5) is 19.5. The zero-order chi connectivity index (χ0) is 22.6. The van der Waals surface area contributed by atoms with Crippen LogP contribution in [0.5, 0.6) is 6.01 Å². The molecule has 0 fully saturated rings. The van der Waals surface area contributed by atoms with Gasteiger partial charge in [0.15, 0.2) is 0 Å². The number of nitrogens with two attached hydrogens (primary N) is 1. The molecule has 1 amide bonds. The highest BCUT2D eigenvalue weighted by atomic mass is 35.5. The van der Waals surface area contributed by atoms with E-state index < -0.39 is 17.4 Å². The number of benzene rings is 2. The third-order valence-electron chi connectivity index (χ3n) is 4.43. The molecule has 0 bridgehead atoms. The Kier molecular flexibility index (Phi) is 6.92. The van der Waals surface area contributed by atoms with Crippen LogP contribution < -0.4 is 15.8 Å². The van der Waals surface area contributed by atoms with E-state index in [0.29, 0.717) is 40.1 Å². The van der Waals surface area contributed by atoms with Gasteiger partial charge in [0.05, 0.1) is 12.8 Å². The van der Waals surface area contributed by atoms with E-state index in [0.717, 1.165) is 17.7 Å². The van der Waals surface area contributed by atoms with Gasteiger partial charge in [0, 0.05) is 33.8 Å². The third kappa shape index (κ3) is 5.39. The van der Waals surface area contributed by atoms with Crippen LogP contribution in [0.3, 0.4) is 0 Å². The highest BCUT2D eigenvalue weighted by Gasteiger charge is 2.38. The van der Waals surface area contributed by atoms with Crippen LogP contribution in [0, 0.1) is 0 Å². The average molecular weight is 467 g/mol. The number of methoxy groups -OCH3 is 1. The van der Waals surface area contributed by atoms with Crippen molar-refractivity contribution in [1.29, 1.82) is 0 Å². The number of hydrogen-bond acceptors (Lipinski definition) is 5. The highest BCUT2D eigenvalue weighted by molar-refractivity contribution is 6.35. The molecular weight excluding hydrogens is 449 g/mol. The molecule has 0 aliphatic carbocycles. The molecule has 162 valence electrons. The molecule has 0 aliphatic rings. The topological polar surface area (TPSA) is 90.1 Å². The number of nitrogens with one attached hydrogen (secondary N) is 1. The van der Waals surface area contributed by atoms with Crippen LogP contribution in [-0.4, -0.2) is 29.5 Å². The summed E-state index contributed by atoms with van der Waals surface area (Å²) in [5.74, 6) is -5.10. The zero-order valence-corrected chi connectivity index (χ0v) is 17.8. The highest BCUT2D eigenvalue weighted by Crippen LogP contribution is 2.31. The summed E-state index contributed by atoms with van der Waals surface area (Å²) in [5.41, 5.74) is 5.88. The second kappa shape index (κ2) is 9.45. The number of anilines is 1. The predicted octanol–water partition coefficient (Wildman–Crippen LogP) is 4.69. The number of alkyl halides is 2. The molecule has 0 unspecified atom stereocenters. The maximum absolute atomic E-state index is 14.0. The minimum Gasteiger partial charge on any atom is -0.467 e. The SMILES string of the molecule is COc1nc(NCCc2ccc(Cl)cc2Cl)cc(-c2cccc(C(F)(F)C(N)=O)c2)n1. The number of hydrogen-bond donors (Lipinski definition) is 2. The maximum atomic E-state index is 14.0. The first-order valence-electron chi connectivity index (χ1n) is 9.10. The van der Waals surface area contributed by atoms with Crippen molar-refractivity contribution >= 4 is 34.9 Å². The summed E-state index contributed by atoms with van der Waals surface area (Å²) in [5, 5.41) is 4.25. The van der Waals surface area contributed by atoms with E-state index in [1.807, 2.05) is 6.07 Å². The van der Waals surface area contributed by atoms with E-state index in [1.54, 1.807) is 24.3 Å². The largest absolute Gasteiger partial charge is 0.467 e. The molecule has 0 spiro atoms. The lowest BCUT2D eigenvalue weighted by molar-refractivity contribution is -0.143. The number of primary amides is 1. The van der Waals surface area contributed by atoms with Crippen molar-refractivity contribution in [1.82, 2.24) is 9.97 Å². The Morgan fingerprint density at radius 1 is 1.16 bits per heavy atom. The summed E-state index contributed by atoms with van der Waals surface area (Å²) in [6.45, 7) is 0.487. The van der Waals surface area contributed by atoms with E-state index in [2.05, 4.69) is 15.3 Å². The van der Waals surface area contributed by atoms with Crippen LogP contribution >= 0.6 is 23.2 Å². The van der Waals surface area contributed by atoms with Gasteiger partial charge < -0.3 is 15.8 Å². The Labute approximate surface area is 187 Å². The van der Waals surface area contributed by atoms with Crippen LogP contribution in [0.1, 0.15) is 11.1 Å². The van der Waals surface area contributed by atoms with Crippen LogP contribution in [0.2, 0.25) is 10.0 Å². The molecule has 3 aromatic rings. The molecule has 0 radical (unpaired) electrons. The molecule has 10 heteroatoms. The van der Waals surface area contributed by atoms with Crippen LogP contribution in [-0.2, 0) is 17.1 Å². The first kappa shape index (κ1) is 22.7. The van der Waals surface area contributed by atoms with E-state index in [9.17, 15) is 13.6 Å². The molecule has 1 heterocycles. The average Bonchev–Trinajstić information content (AvgIpc) is 2.75. The normalized spacial score (nSPS) is 11.3. The van der Waals surface area contributed by atoms with Crippen molar-refractivity contribution in [2.24, 2.45) is 5.73 Å². The predicted molar refractivity (Wildman–Crippen MR) is 116 cm³/mol. The van der Waals surface area contributed by atoms with Gasteiger partial charge in [-0.1, -0.05) is 47.5 Å². The Morgan fingerprint density at radius 2 is 1.94 bits per heavy atom. The van der Waals surface area contributed by atoms with Gasteiger partial charge in [0.2, 0.25) is 0 Å². The molecule has 31 heavy (non-hydrogen) atoms. The number of rotatable bonds is 8.